The van der Waals surface area contributed by atoms with E-state index in [4.69, 9.17) is 0 Å². The number of aromatic nitrogens is 2. The van der Waals surface area contributed by atoms with Crippen LogP contribution in [0.2, 0.25) is 0 Å². The second-order valence-electron chi connectivity index (χ2n) is 13.0. The molecule has 0 aliphatic rings. The standard InChI is InChI=1S/C40H40N2O6P2S/c43-49(44,45)25-7-5-23-41-37-11-3-1-9-33(37)35-27-29(15-21-39(35)41)13-17-31-19-20-32(51-31)18-14-30-16-22-40-36(28-30)34-10-2-4-12-38(34)42(40)24-6-8-26-50(46,47)48/h1-4,9-22,27-28H,5-8,23-26H2,(H2,43,44,45)(H2,46,47,48)/b17-13+,18-14+. The highest BCUT2D eigenvalue weighted by Crippen LogP contribution is 2.37. The molecule has 4 aromatic carbocycles. The summed E-state index contributed by atoms with van der Waals surface area (Å²) in [4.78, 5) is 39.3. The maximum atomic E-state index is 11.3. The quantitative estimate of drug-likeness (QED) is 0.0650. The molecule has 7 rings (SSSR count). The van der Waals surface area contributed by atoms with Crippen molar-refractivity contribution < 1.29 is 28.7 Å². The average molecular weight is 739 g/mol. The highest BCUT2D eigenvalue weighted by molar-refractivity contribution is 7.52. The molecule has 7 aromatic rings. The van der Waals surface area contributed by atoms with E-state index in [0.29, 0.717) is 38.8 Å². The van der Waals surface area contributed by atoms with Crippen LogP contribution < -0.4 is 0 Å². The van der Waals surface area contributed by atoms with E-state index < -0.39 is 15.2 Å². The molecule has 262 valence electrons. The van der Waals surface area contributed by atoms with Crippen LogP contribution in [-0.2, 0) is 22.2 Å². The summed E-state index contributed by atoms with van der Waals surface area (Å²) < 4.78 is 27.1. The molecule has 0 amide bonds. The van der Waals surface area contributed by atoms with Gasteiger partial charge in [0, 0.05) is 78.8 Å². The van der Waals surface area contributed by atoms with E-state index in [1.807, 2.05) is 24.3 Å². The normalized spacial score (nSPS) is 12.9. The topological polar surface area (TPSA) is 125 Å². The number of hydrogen-bond acceptors (Lipinski definition) is 3. The van der Waals surface area contributed by atoms with Gasteiger partial charge >= 0.3 is 15.2 Å². The maximum Gasteiger partial charge on any atom is 0.325 e. The van der Waals surface area contributed by atoms with E-state index >= 15 is 0 Å². The summed E-state index contributed by atoms with van der Waals surface area (Å²) in [6, 6.07) is 33.8. The number of nitrogens with zero attached hydrogens (tertiary/aromatic N) is 2. The van der Waals surface area contributed by atoms with Gasteiger partial charge in [0.1, 0.15) is 0 Å². The van der Waals surface area contributed by atoms with Crippen LogP contribution in [0.4, 0.5) is 0 Å². The molecule has 0 unspecified atom stereocenters. The zero-order chi connectivity index (χ0) is 35.6. The van der Waals surface area contributed by atoms with Gasteiger partial charge in [0.25, 0.3) is 0 Å². The Bertz CT molecular complexity index is 2340. The molecule has 0 atom stereocenters. The molecule has 0 radical (unpaired) electrons. The van der Waals surface area contributed by atoms with Crippen LogP contribution in [0.3, 0.4) is 0 Å². The number of fused-ring (bicyclic) bond motifs is 6. The Hall–Kier alpha value is -4.04. The highest BCUT2D eigenvalue weighted by atomic mass is 32.1. The van der Waals surface area contributed by atoms with Crippen LogP contribution in [0.25, 0.3) is 67.9 Å². The van der Waals surface area contributed by atoms with Gasteiger partial charge in [-0.2, -0.15) is 0 Å². The van der Waals surface area contributed by atoms with Crippen molar-refractivity contribution in [3.63, 3.8) is 0 Å². The zero-order valence-corrected chi connectivity index (χ0v) is 30.6. The summed E-state index contributed by atoms with van der Waals surface area (Å²) in [6.45, 7) is 1.40. The SMILES string of the molecule is O=P(O)(O)CCCCn1c2ccccc2c2cc(/C=C/c3ccc(/C=C/c4ccc5c(c4)c4ccccc4n5CCCCP(=O)(O)O)s3)ccc21. The fourth-order valence-corrected chi connectivity index (χ4v) is 9.00. The monoisotopic (exact) mass is 738 g/mol. The molecule has 8 nitrogen and oxygen atoms in total. The Kier molecular flexibility index (Phi) is 10.3. The predicted octanol–water partition coefficient (Wildman–Crippen LogP) is 10.2. The van der Waals surface area contributed by atoms with Crippen LogP contribution in [0.5, 0.6) is 0 Å². The first-order chi connectivity index (χ1) is 24.5. The molecule has 0 aliphatic heterocycles. The number of thiophene rings is 1. The van der Waals surface area contributed by atoms with Crippen molar-refractivity contribution in [2.45, 2.75) is 38.8 Å². The smallest absolute Gasteiger partial charge is 0.325 e. The summed E-state index contributed by atoms with van der Waals surface area (Å²) in [6.07, 6.45) is 10.7. The van der Waals surface area contributed by atoms with Gasteiger partial charge in [-0.1, -0.05) is 60.7 Å². The summed E-state index contributed by atoms with van der Waals surface area (Å²) in [5.41, 5.74) is 6.70. The minimum atomic E-state index is -3.98. The predicted molar refractivity (Wildman–Crippen MR) is 213 cm³/mol. The molecule has 0 fully saturated rings. The number of unbranched alkanes of at least 4 members (excludes halogenated alkanes) is 2. The molecule has 11 heteroatoms. The molecular formula is C40H40N2O6P2S. The van der Waals surface area contributed by atoms with Crippen molar-refractivity contribution in [3.05, 3.63) is 118 Å². The minimum Gasteiger partial charge on any atom is -0.340 e. The third kappa shape index (κ3) is 8.38. The lowest BCUT2D eigenvalue weighted by Crippen LogP contribution is -1.99. The van der Waals surface area contributed by atoms with Crippen molar-refractivity contribution in [1.29, 1.82) is 0 Å². The fourth-order valence-electron chi connectivity index (χ4n) is 6.91. The van der Waals surface area contributed by atoms with E-state index in [1.54, 1.807) is 11.3 Å². The van der Waals surface area contributed by atoms with E-state index in [1.165, 1.54) is 10.8 Å². The molecule has 3 heterocycles. The second-order valence-corrected chi connectivity index (χ2v) is 17.7. The maximum absolute atomic E-state index is 11.3. The number of para-hydroxylation sites is 2. The largest absolute Gasteiger partial charge is 0.340 e. The molecule has 3 aromatic heterocycles. The Labute approximate surface area is 300 Å². The fraction of sp³-hybridized carbons (Fsp3) is 0.200. The van der Waals surface area contributed by atoms with Gasteiger partial charge in [-0.25, -0.2) is 0 Å². The first kappa shape index (κ1) is 35.4. The van der Waals surface area contributed by atoms with Crippen LogP contribution in [0, 0.1) is 0 Å². The average Bonchev–Trinajstić information content (AvgIpc) is 3.78. The number of aryl methyl sites for hydroxylation is 2. The first-order valence-corrected chi connectivity index (χ1v) is 21.5. The molecule has 4 N–H and O–H groups in total. The van der Waals surface area contributed by atoms with Crippen LogP contribution >= 0.6 is 26.5 Å². The van der Waals surface area contributed by atoms with E-state index in [0.717, 1.165) is 53.7 Å². The van der Waals surface area contributed by atoms with E-state index in [2.05, 4.69) is 106 Å². The van der Waals surface area contributed by atoms with Crippen molar-refractivity contribution in [3.8, 4) is 0 Å². The Balaban J connectivity index is 1.06. The molecule has 0 spiro atoms. The molecular weight excluding hydrogens is 698 g/mol. The molecule has 0 saturated heterocycles. The molecule has 0 saturated carbocycles. The van der Waals surface area contributed by atoms with Crippen LogP contribution in [-0.4, -0.2) is 41.0 Å². The molecule has 0 bridgehead atoms. The van der Waals surface area contributed by atoms with Crippen molar-refractivity contribution in [2.75, 3.05) is 12.3 Å². The van der Waals surface area contributed by atoms with Gasteiger partial charge in [0.2, 0.25) is 0 Å². The van der Waals surface area contributed by atoms with E-state index in [-0.39, 0.29) is 12.3 Å². The van der Waals surface area contributed by atoms with Gasteiger partial charge in [0.15, 0.2) is 0 Å². The number of benzene rings is 4. The third-order valence-electron chi connectivity index (χ3n) is 9.28. The Morgan fingerprint density at radius 2 is 0.902 bits per heavy atom. The minimum absolute atomic E-state index is 0.0871. The summed E-state index contributed by atoms with van der Waals surface area (Å²) in [5, 5.41) is 4.67. The van der Waals surface area contributed by atoms with Crippen molar-refractivity contribution in [2.24, 2.45) is 0 Å². The van der Waals surface area contributed by atoms with Gasteiger partial charge in [-0.05, 0) is 97.5 Å². The first-order valence-electron chi connectivity index (χ1n) is 17.1. The van der Waals surface area contributed by atoms with Gasteiger partial charge in [0.05, 0.1) is 0 Å². The Morgan fingerprint density at radius 3 is 1.33 bits per heavy atom. The van der Waals surface area contributed by atoms with Gasteiger partial charge in [-0.3, -0.25) is 9.13 Å². The van der Waals surface area contributed by atoms with Crippen LogP contribution in [0.15, 0.2) is 97.1 Å². The van der Waals surface area contributed by atoms with Crippen LogP contribution in [0.1, 0.15) is 46.6 Å². The highest BCUT2D eigenvalue weighted by Gasteiger charge is 2.15. The van der Waals surface area contributed by atoms with E-state index in [9.17, 15) is 28.7 Å². The van der Waals surface area contributed by atoms with Crippen molar-refractivity contribution >= 4 is 94.4 Å². The zero-order valence-electron chi connectivity index (χ0n) is 28.0. The summed E-state index contributed by atoms with van der Waals surface area (Å²) in [5.74, 6) is 0. The third-order valence-corrected chi connectivity index (χ3v) is 12.1. The lowest BCUT2D eigenvalue weighted by atomic mass is 10.1. The number of hydrogen-bond donors (Lipinski definition) is 4. The van der Waals surface area contributed by atoms with Gasteiger partial charge < -0.3 is 28.7 Å². The summed E-state index contributed by atoms with van der Waals surface area (Å²) >= 11 is 1.72. The number of rotatable bonds is 14. The van der Waals surface area contributed by atoms with Crippen molar-refractivity contribution in [1.82, 2.24) is 9.13 Å². The lowest BCUT2D eigenvalue weighted by Gasteiger charge is -2.08. The second kappa shape index (κ2) is 14.9. The molecule has 0 aliphatic carbocycles. The lowest BCUT2D eigenvalue weighted by molar-refractivity contribution is 0.368. The Morgan fingerprint density at radius 1 is 0.490 bits per heavy atom. The van der Waals surface area contributed by atoms with Gasteiger partial charge in [-0.15, -0.1) is 11.3 Å². The molecule has 51 heavy (non-hydrogen) atoms. The summed E-state index contributed by atoms with van der Waals surface area (Å²) in [7, 11) is -7.97.